The van der Waals surface area contributed by atoms with E-state index in [2.05, 4.69) is 10.6 Å². The maximum Gasteiger partial charge on any atom is 0.220 e. The van der Waals surface area contributed by atoms with Crippen LogP contribution in [0.1, 0.15) is 44.9 Å². The van der Waals surface area contributed by atoms with Crippen molar-refractivity contribution in [3.05, 3.63) is 0 Å². The van der Waals surface area contributed by atoms with Gasteiger partial charge < -0.3 is 15.4 Å². The normalized spacial score (nSPS) is 25.1. The fourth-order valence-corrected chi connectivity index (χ4v) is 2.69. The van der Waals surface area contributed by atoms with Gasteiger partial charge in [0.25, 0.3) is 0 Å². The number of amides is 1. The maximum absolute atomic E-state index is 11.8. The van der Waals surface area contributed by atoms with Gasteiger partial charge in [-0.05, 0) is 50.5 Å². The van der Waals surface area contributed by atoms with E-state index >= 15 is 0 Å². The summed E-state index contributed by atoms with van der Waals surface area (Å²) in [5.74, 6) is 0.215. The first-order valence-electron chi connectivity index (χ1n) is 7.23. The average Bonchev–Trinajstić information content (AvgIpc) is 2.96. The molecule has 0 aromatic rings. The summed E-state index contributed by atoms with van der Waals surface area (Å²) in [5, 5.41) is 6.52. The average molecular weight is 254 g/mol. The summed E-state index contributed by atoms with van der Waals surface area (Å²) in [6.45, 7) is 2.77. The van der Waals surface area contributed by atoms with Crippen LogP contribution in [0.4, 0.5) is 0 Å². The number of carbonyl (C=O) groups excluding carboxylic acids is 1. The Hall–Kier alpha value is -0.610. The van der Waals surface area contributed by atoms with Gasteiger partial charge in [-0.3, -0.25) is 4.79 Å². The summed E-state index contributed by atoms with van der Waals surface area (Å²) in [7, 11) is 1.74. The molecule has 0 bridgehead atoms. The maximum atomic E-state index is 11.8. The Kier molecular flexibility index (Phi) is 5.01. The summed E-state index contributed by atoms with van der Waals surface area (Å²) in [5.41, 5.74) is 0.358. The second-order valence-electron chi connectivity index (χ2n) is 5.85. The first-order valence-corrected chi connectivity index (χ1v) is 7.23. The molecule has 1 saturated carbocycles. The molecular weight excluding hydrogens is 228 g/mol. The topological polar surface area (TPSA) is 50.4 Å². The van der Waals surface area contributed by atoms with Crippen LogP contribution < -0.4 is 10.6 Å². The molecule has 4 nitrogen and oxygen atoms in total. The highest BCUT2D eigenvalue weighted by molar-refractivity contribution is 5.76. The lowest BCUT2D eigenvalue weighted by Crippen LogP contribution is -2.32. The van der Waals surface area contributed by atoms with Crippen LogP contribution in [0.25, 0.3) is 0 Å². The molecule has 1 aliphatic heterocycles. The van der Waals surface area contributed by atoms with Crippen LogP contribution in [-0.4, -0.2) is 38.8 Å². The van der Waals surface area contributed by atoms with Crippen molar-refractivity contribution in [2.24, 2.45) is 5.41 Å². The summed E-state index contributed by atoms with van der Waals surface area (Å²) in [4.78, 5) is 11.8. The molecule has 2 rings (SSSR count). The first-order chi connectivity index (χ1) is 8.74. The van der Waals surface area contributed by atoms with Crippen molar-refractivity contribution >= 4 is 5.91 Å². The number of methoxy groups -OCH3 is 1. The monoisotopic (exact) mass is 254 g/mol. The van der Waals surface area contributed by atoms with E-state index in [-0.39, 0.29) is 5.91 Å². The molecule has 1 atom stereocenters. The molecule has 18 heavy (non-hydrogen) atoms. The van der Waals surface area contributed by atoms with Crippen LogP contribution in [0.15, 0.2) is 0 Å². The van der Waals surface area contributed by atoms with Gasteiger partial charge in [0, 0.05) is 32.7 Å². The van der Waals surface area contributed by atoms with E-state index in [1.807, 2.05) is 0 Å². The molecule has 1 aliphatic carbocycles. The second kappa shape index (κ2) is 6.53. The number of rotatable bonds is 8. The van der Waals surface area contributed by atoms with Crippen molar-refractivity contribution in [2.45, 2.75) is 51.0 Å². The van der Waals surface area contributed by atoms with Gasteiger partial charge >= 0.3 is 0 Å². The van der Waals surface area contributed by atoms with E-state index in [4.69, 9.17) is 4.74 Å². The van der Waals surface area contributed by atoms with Gasteiger partial charge in [-0.15, -0.1) is 0 Å². The van der Waals surface area contributed by atoms with Crippen LogP contribution in [-0.2, 0) is 9.53 Å². The van der Waals surface area contributed by atoms with Crippen LogP contribution in [0.2, 0.25) is 0 Å². The van der Waals surface area contributed by atoms with Crippen molar-refractivity contribution in [2.75, 3.05) is 26.8 Å². The number of hydrogen-bond donors (Lipinski definition) is 2. The molecule has 0 aromatic carbocycles. The summed E-state index contributed by atoms with van der Waals surface area (Å²) >= 11 is 0. The number of ether oxygens (including phenoxy) is 1. The molecule has 2 aliphatic rings. The molecule has 2 fully saturated rings. The van der Waals surface area contributed by atoms with Gasteiger partial charge in [0.1, 0.15) is 0 Å². The predicted octanol–water partition coefficient (Wildman–Crippen LogP) is 1.45. The Balaban J connectivity index is 1.56. The molecular formula is C14H26N2O2. The SMILES string of the molecule is COCCC1(CNC(=O)CCC2CCCN2)CC1. The highest BCUT2D eigenvalue weighted by Crippen LogP contribution is 2.48. The number of nitrogens with one attached hydrogen (secondary N) is 2. The Bertz CT molecular complexity index is 271. The van der Waals surface area contributed by atoms with E-state index in [1.165, 1.54) is 25.7 Å². The smallest absolute Gasteiger partial charge is 0.220 e. The van der Waals surface area contributed by atoms with Gasteiger partial charge in [0.15, 0.2) is 0 Å². The van der Waals surface area contributed by atoms with Crippen molar-refractivity contribution < 1.29 is 9.53 Å². The van der Waals surface area contributed by atoms with E-state index in [1.54, 1.807) is 7.11 Å². The zero-order valence-electron chi connectivity index (χ0n) is 11.5. The molecule has 1 saturated heterocycles. The lowest BCUT2D eigenvalue weighted by atomic mass is 10.0. The molecule has 0 aromatic heterocycles. The van der Waals surface area contributed by atoms with Gasteiger partial charge in [-0.25, -0.2) is 0 Å². The standard InChI is InChI=1S/C14H26N2O2/c1-18-10-8-14(6-7-14)11-16-13(17)5-4-12-3-2-9-15-12/h12,15H,2-11H2,1H3,(H,16,17). The zero-order valence-corrected chi connectivity index (χ0v) is 11.5. The van der Waals surface area contributed by atoms with Gasteiger partial charge in [-0.1, -0.05) is 0 Å². The van der Waals surface area contributed by atoms with E-state index in [9.17, 15) is 4.79 Å². The van der Waals surface area contributed by atoms with Crippen LogP contribution in [0.3, 0.4) is 0 Å². The van der Waals surface area contributed by atoms with E-state index in [0.717, 1.165) is 32.5 Å². The van der Waals surface area contributed by atoms with Gasteiger partial charge in [-0.2, -0.15) is 0 Å². The van der Waals surface area contributed by atoms with Crippen LogP contribution in [0, 0.1) is 5.41 Å². The Morgan fingerprint density at radius 1 is 1.50 bits per heavy atom. The minimum Gasteiger partial charge on any atom is -0.385 e. The molecule has 1 heterocycles. The van der Waals surface area contributed by atoms with Crippen LogP contribution >= 0.6 is 0 Å². The third kappa shape index (κ3) is 4.25. The quantitative estimate of drug-likeness (QED) is 0.689. The lowest BCUT2D eigenvalue weighted by Gasteiger charge is -2.16. The van der Waals surface area contributed by atoms with Crippen molar-refractivity contribution in [3.8, 4) is 0 Å². The third-order valence-corrected chi connectivity index (χ3v) is 4.34. The molecule has 0 spiro atoms. The second-order valence-corrected chi connectivity index (χ2v) is 5.85. The first kappa shape index (κ1) is 13.8. The fraction of sp³-hybridized carbons (Fsp3) is 0.929. The predicted molar refractivity (Wildman–Crippen MR) is 71.4 cm³/mol. The number of carbonyl (C=O) groups is 1. The minimum absolute atomic E-state index is 0.215. The van der Waals surface area contributed by atoms with Crippen molar-refractivity contribution in [3.63, 3.8) is 0 Å². The van der Waals surface area contributed by atoms with Gasteiger partial charge in [0.05, 0.1) is 0 Å². The van der Waals surface area contributed by atoms with Gasteiger partial charge in [0.2, 0.25) is 5.91 Å². The minimum atomic E-state index is 0.215. The largest absolute Gasteiger partial charge is 0.385 e. The summed E-state index contributed by atoms with van der Waals surface area (Å²) in [6, 6.07) is 0.569. The number of hydrogen-bond acceptors (Lipinski definition) is 3. The lowest BCUT2D eigenvalue weighted by molar-refractivity contribution is -0.121. The van der Waals surface area contributed by atoms with Crippen LogP contribution in [0.5, 0.6) is 0 Å². The fourth-order valence-electron chi connectivity index (χ4n) is 2.69. The summed E-state index contributed by atoms with van der Waals surface area (Å²) < 4.78 is 5.12. The third-order valence-electron chi connectivity index (χ3n) is 4.34. The Morgan fingerprint density at radius 3 is 2.94 bits per heavy atom. The molecule has 0 radical (unpaired) electrons. The molecule has 4 heteroatoms. The Labute approximate surface area is 110 Å². The molecule has 1 amide bonds. The molecule has 1 unspecified atom stereocenters. The molecule has 2 N–H and O–H groups in total. The highest BCUT2D eigenvalue weighted by atomic mass is 16.5. The zero-order chi connectivity index (χ0) is 12.8. The Morgan fingerprint density at radius 2 is 2.33 bits per heavy atom. The van der Waals surface area contributed by atoms with Crippen molar-refractivity contribution in [1.82, 2.24) is 10.6 Å². The summed E-state index contributed by atoms with van der Waals surface area (Å²) in [6.07, 6.45) is 7.68. The van der Waals surface area contributed by atoms with E-state index in [0.29, 0.717) is 17.9 Å². The van der Waals surface area contributed by atoms with E-state index < -0.39 is 0 Å². The highest BCUT2D eigenvalue weighted by Gasteiger charge is 2.41. The molecule has 104 valence electrons. The van der Waals surface area contributed by atoms with Crippen molar-refractivity contribution in [1.29, 1.82) is 0 Å².